The van der Waals surface area contributed by atoms with Crippen molar-refractivity contribution in [3.63, 3.8) is 0 Å². The first-order valence-corrected chi connectivity index (χ1v) is 17.8. The number of methoxy groups -OCH3 is 2. The summed E-state index contributed by atoms with van der Waals surface area (Å²) in [6.07, 6.45) is 1.65. The first kappa shape index (κ1) is 35.4. The number of nitrogens with one attached hydrogen (secondary N) is 2. The van der Waals surface area contributed by atoms with Gasteiger partial charge >= 0.3 is 5.97 Å². The number of sulfonamides is 1. The number of hydrogen-bond donors (Lipinski definition) is 2. The number of hydrogen-bond acceptors (Lipinski definition) is 11. The van der Waals surface area contributed by atoms with Gasteiger partial charge in [0.25, 0.3) is 5.91 Å². The van der Waals surface area contributed by atoms with Crippen LogP contribution in [-0.2, 0) is 26.1 Å². The second-order valence-corrected chi connectivity index (χ2v) is 13.6. The molecule has 4 aromatic rings. The van der Waals surface area contributed by atoms with E-state index < -0.39 is 21.9 Å². The van der Waals surface area contributed by atoms with Crippen molar-refractivity contribution in [3.05, 3.63) is 83.7 Å². The molecule has 49 heavy (non-hydrogen) atoms. The molecule has 2 amide bonds. The normalized spacial score (nSPS) is 13.1. The van der Waals surface area contributed by atoms with E-state index in [9.17, 15) is 22.8 Å². The van der Waals surface area contributed by atoms with Crippen LogP contribution in [0.15, 0.2) is 76.8 Å². The Morgan fingerprint density at radius 3 is 2.24 bits per heavy atom. The monoisotopic (exact) mass is 708 g/mol. The van der Waals surface area contributed by atoms with E-state index in [0.29, 0.717) is 52.5 Å². The Morgan fingerprint density at radius 1 is 0.898 bits per heavy atom. The van der Waals surface area contributed by atoms with Crippen LogP contribution in [0.3, 0.4) is 0 Å². The third-order valence-electron chi connectivity index (χ3n) is 7.57. The number of thioether (sulfide) groups is 1. The lowest BCUT2D eigenvalue weighted by Gasteiger charge is -2.16. The summed E-state index contributed by atoms with van der Waals surface area (Å²) in [6.45, 7) is 2.90. The number of nitrogens with zero attached hydrogens (tertiary/aromatic N) is 4. The van der Waals surface area contributed by atoms with Gasteiger partial charge in [0, 0.05) is 30.4 Å². The molecule has 0 saturated carbocycles. The van der Waals surface area contributed by atoms with Crippen LogP contribution in [0.1, 0.15) is 46.3 Å². The molecule has 1 aromatic heterocycles. The molecule has 0 spiro atoms. The third-order valence-corrected chi connectivity index (χ3v) is 10.4. The Bertz CT molecular complexity index is 1910. The van der Waals surface area contributed by atoms with Crippen molar-refractivity contribution in [2.45, 2.75) is 36.4 Å². The predicted octanol–water partition coefficient (Wildman–Crippen LogP) is 3.91. The van der Waals surface area contributed by atoms with E-state index in [-0.39, 0.29) is 35.3 Å². The van der Waals surface area contributed by atoms with Crippen molar-refractivity contribution in [1.82, 2.24) is 24.4 Å². The standard InChI is InChI=1S/C33H36N6O8S2/c1-4-47-32(42)23-7-11-24(12-8-23)35-30(40)21-48-33-37-36-29(39(33)27-19-25(45-2)13-16-28(27)46-3)20-34-31(41)22-9-14-26(15-10-22)49(43,44)38-17-5-6-18-38/h7-16,19H,4-6,17-18,20-21H2,1-3H3,(H,34,41)(H,35,40). The number of amides is 2. The highest BCUT2D eigenvalue weighted by Gasteiger charge is 2.27. The van der Waals surface area contributed by atoms with E-state index in [0.717, 1.165) is 24.6 Å². The lowest BCUT2D eigenvalue weighted by molar-refractivity contribution is -0.113. The van der Waals surface area contributed by atoms with E-state index in [1.165, 1.54) is 42.8 Å². The van der Waals surface area contributed by atoms with Crippen LogP contribution in [0.5, 0.6) is 11.5 Å². The summed E-state index contributed by atoms with van der Waals surface area (Å²) in [5.74, 6) is 0.0794. The van der Waals surface area contributed by atoms with Crippen LogP contribution in [0.4, 0.5) is 5.69 Å². The molecule has 3 aromatic carbocycles. The molecule has 16 heteroatoms. The van der Waals surface area contributed by atoms with Crippen molar-refractivity contribution < 1.29 is 37.0 Å². The zero-order valence-corrected chi connectivity index (χ0v) is 28.8. The van der Waals surface area contributed by atoms with E-state index in [2.05, 4.69) is 20.8 Å². The first-order valence-electron chi connectivity index (χ1n) is 15.4. The van der Waals surface area contributed by atoms with E-state index in [1.807, 2.05) is 0 Å². The minimum atomic E-state index is -3.61. The molecule has 2 N–H and O–H groups in total. The fraction of sp³-hybridized carbons (Fsp3) is 0.303. The van der Waals surface area contributed by atoms with Crippen molar-refractivity contribution in [2.75, 3.05) is 45.0 Å². The molecule has 0 unspecified atom stereocenters. The molecule has 258 valence electrons. The zero-order valence-electron chi connectivity index (χ0n) is 27.2. The molecule has 5 rings (SSSR count). The van der Waals surface area contributed by atoms with Gasteiger partial charge in [0.15, 0.2) is 11.0 Å². The summed E-state index contributed by atoms with van der Waals surface area (Å²) in [4.78, 5) is 38.1. The number of carbonyl (C=O) groups excluding carboxylic acids is 3. The van der Waals surface area contributed by atoms with Gasteiger partial charge in [-0.05, 0) is 80.4 Å². The van der Waals surface area contributed by atoms with Gasteiger partial charge in [0.1, 0.15) is 11.5 Å². The Balaban J connectivity index is 1.31. The average Bonchev–Trinajstić information content (AvgIpc) is 3.81. The van der Waals surface area contributed by atoms with Crippen LogP contribution in [0.25, 0.3) is 5.69 Å². The molecule has 0 atom stereocenters. The Labute approximate surface area is 288 Å². The van der Waals surface area contributed by atoms with Gasteiger partial charge in [-0.3, -0.25) is 14.2 Å². The molecule has 0 radical (unpaired) electrons. The Kier molecular flexibility index (Phi) is 11.5. The van der Waals surface area contributed by atoms with Gasteiger partial charge in [-0.25, -0.2) is 13.2 Å². The van der Waals surface area contributed by atoms with Gasteiger partial charge < -0.3 is 24.8 Å². The van der Waals surface area contributed by atoms with Crippen molar-refractivity contribution in [2.24, 2.45) is 0 Å². The maximum absolute atomic E-state index is 13.1. The molecule has 1 aliphatic rings. The van der Waals surface area contributed by atoms with Crippen LogP contribution in [0.2, 0.25) is 0 Å². The molecule has 0 aliphatic carbocycles. The molecule has 1 saturated heterocycles. The predicted molar refractivity (Wildman–Crippen MR) is 182 cm³/mol. The zero-order chi connectivity index (χ0) is 35.0. The second kappa shape index (κ2) is 16.0. The lowest BCUT2D eigenvalue weighted by Crippen LogP contribution is -2.28. The number of esters is 1. The van der Waals surface area contributed by atoms with Crippen LogP contribution < -0.4 is 20.1 Å². The Morgan fingerprint density at radius 2 is 1.59 bits per heavy atom. The van der Waals surface area contributed by atoms with E-state index >= 15 is 0 Å². The molecule has 2 heterocycles. The highest BCUT2D eigenvalue weighted by Crippen LogP contribution is 2.32. The number of ether oxygens (including phenoxy) is 3. The summed E-state index contributed by atoms with van der Waals surface area (Å²) in [5, 5.41) is 14.6. The fourth-order valence-electron chi connectivity index (χ4n) is 5.07. The first-order chi connectivity index (χ1) is 23.6. The van der Waals surface area contributed by atoms with Crippen molar-refractivity contribution >= 4 is 45.3 Å². The van der Waals surface area contributed by atoms with Crippen molar-refractivity contribution in [3.8, 4) is 17.2 Å². The van der Waals surface area contributed by atoms with Crippen LogP contribution >= 0.6 is 11.8 Å². The van der Waals surface area contributed by atoms with E-state index in [1.54, 1.807) is 54.0 Å². The fourth-order valence-corrected chi connectivity index (χ4v) is 7.35. The smallest absolute Gasteiger partial charge is 0.338 e. The highest BCUT2D eigenvalue weighted by atomic mass is 32.2. The quantitative estimate of drug-likeness (QED) is 0.144. The Hall–Kier alpha value is -4.93. The van der Waals surface area contributed by atoms with E-state index in [4.69, 9.17) is 14.2 Å². The third kappa shape index (κ3) is 8.39. The van der Waals surface area contributed by atoms with Gasteiger partial charge in [-0.1, -0.05) is 11.8 Å². The van der Waals surface area contributed by atoms with Gasteiger partial charge in [-0.15, -0.1) is 10.2 Å². The van der Waals surface area contributed by atoms with Crippen LogP contribution in [0, 0.1) is 0 Å². The van der Waals surface area contributed by atoms with Gasteiger partial charge in [0.05, 0.1) is 49.3 Å². The van der Waals surface area contributed by atoms with Crippen LogP contribution in [-0.4, -0.2) is 84.9 Å². The number of anilines is 1. The molecular weight excluding hydrogens is 673 g/mol. The summed E-state index contributed by atoms with van der Waals surface area (Å²) < 4.78 is 44.9. The number of carbonyl (C=O) groups is 3. The molecular formula is C33H36N6O8S2. The SMILES string of the molecule is CCOC(=O)c1ccc(NC(=O)CSc2nnc(CNC(=O)c3ccc(S(=O)(=O)N4CCCC4)cc3)n2-c2cc(OC)ccc2OC)cc1. The largest absolute Gasteiger partial charge is 0.497 e. The molecule has 1 fully saturated rings. The minimum absolute atomic E-state index is 0.0386. The summed E-state index contributed by atoms with van der Waals surface area (Å²) in [7, 11) is -0.569. The number of benzene rings is 3. The molecule has 1 aliphatic heterocycles. The molecule has 14 nitrogen and oxygen atoms in total. The van der Waals surface area contributed by atoms with Crippen molar-refractivity contribution in [1.29, 1.82) is 0 Å². The highest BCUT2D eigenvalue weighted by molar-refractivity contribution is 7.99. The maximum atomic E-state index is 13.1. The summed E-state index contributed by atoms with van der Waals surface area (Å²) in [5.41, 5.74) is 1.66. The molecule has 0 bridgehead atoms. The second-order valence-electron chi connectivity index (χ2n) is 10.7. The summed E-state index contributed by atoms with van der Waals surface area (Å²) >= 11 is 1.12. The topological polar surface area (TPSA) is 171 Å². The summed E-state index contributed by atoms with van der Waals surface area (Å²) in [6, 6.07) is 17.3. The number of aromatic nitrogens is 3. The number of rotatable bonds is 14. The van der Waals surface area contributed by atoms with Gasteiger partial charge in [-0.2, -0.15) is 4.31 Å². The van der Waals surface area contributed by atoms with Gasteiger partial charge in [0.2, 0.25) is 15.9 Å². The maximum Gasteiger partial charge on any atom is 0.338 e. The lowest BCUT2D eigenvalue weighted by atomic mass is 10.2. The average molecular weight is 709 g/mol. The minimum Gasteiger partial charge on any atom is -0.497 e.